The summed E-state index contributed by atoms with van der Waals surface area (Å²) in [6.45, 7) is 2.53. The number of carbonyl (C=O) groups is 1. The van der Waals surface area contributed by atoms with Gasteiger partial charge in [0.1, 0.15) is 23.7 Å². The molecule has 0 radical (unpaired) electrons. The number of aryl methyl sites for hydroxylation is 2. The van der Waals surface area contributed by atoms with E-state index in [1.807, 2.05) is 43.3 Å². The highest BCUT2D eigenvalue weighted by Gasteiger charge is 2.14. The van der Waals surface area contributed by atoms with E-state index in [4.69, 9.17) is 27.9 Å². The Labute approximate surface area is 173 Å². The summed E-state index contributed by atoms with van der Waals surface area (Å²) in [6, 6.07) is 16.3. The van der Waals surface area contributed by atoms with Crippen LogP contribution >= 0.6 is 23.2 Å². The second-order valence-corrected chi connectivity index (χ2v) is 7.27. The predicted octanol–water partition coefficient (Wildman–Crippen LogP) is 5.10. The summed E-state index contributed by atoms with van der Waals surface area (Å²) in [6.07, 6.45) is 1.39. The van der Waals surface area contributed by atoms with Crippen molar-refractivity contribution in [1.29, 1.82) is 0 Å². The topological polar surface area (TPSA) is 48.3 Å². The number of aromatic nitrogens is 1. The van der Waals surface area contributed by atoms with Gasteiger partial charge in [-0.2, -0.15) is 0 Å². The van der Waals surface area contributed by atoms with Crippen LogP contribution in [0.1, 0.15) is 27.2 Å². The van der Waals surface area contributed by atoms with Gasteiger partial charge < -0.3 is 9.30 Å². The van der Waals surface area contributed by atoms with Crippen LogP contribution < -0.4 is 10.3 Å². The Morgan fingerprint density at radius 2 is 1.79 bits per heavy atom. The van der Waals surface area contributed by atoms with E-state index < -0.39 is 0 Å². The number of hydrogen-bond donors (Lipinski definition) is 0. The molecule has 0 aliphatic rings. The summed E-state index contributed by atoms with van der Waals surface area (Å²) in [5.74, 6) is 0.703. The molecule has 0 saturated heterocycles. The first-order chi connectivity index (χ1) is 13.5. The van der Waals surface area contributed by atoms with Crippen molar-refractivity contribution in [1.82, 2.24) is 4.57 Å². The Morgan fingerprint density at radius 1 is 1.04 bits per heavy atom. The standard InChI is InChI=1S/C22H19Cl2NO3/c1-15-3-2-4-18(11-15)28-14-21-19(23)12-20(24)22(27)25(21)10-9-16-5-7-17(13-26)8-6-16/h2-8,11-13H,9-10,14H2,1H3. The van der Waals surface area contributed by atoms with Crippen LogP contribution in [0.3, 0.4) is 0 Å². The Bertz CT molecular complexity index is 1040. The van der Waals surface area contributed by atoms with Gasteiger partial charge in [-0.1, -0.05) is 59.6 Å². The van der Waals surface area contributed by atoms with Crippen LogP contribution in [0.5, 0.6) is 5.75 Å². The predicted molar refractivity (Wildman–Crippen MR) is 112 cm³/mol. The maximum atomic E-state index is 12.6. The average Bonchev–Trinajstić information content (AvgIpc) is 2.69. The molecular formula is C22H19Cl2NO3. The highest BCUT2D eigenvalue weighted by molar-refractivity contribution is 6.34. The van der Waals surface area contributed by atoms with Gasteiger partial charge in [0, 0.05) is 12.1 Å². The SMILES string of the molecule is Cc1cccc(OCc2c(Cl)cc(Cl)c(=O)n2CCc2ccc(C=O)cc2)c1. The van der Waals surface area contributed by atoms with Crippen LogP contribution in [-0.4, -0.2) is 10.9 Å². The number of halogens is 2. The third-order valence-electron chi connectivity index (χ3n) is 4.41. The maximum Gasteiger partial charge on any atom is 0.269 e. The van der Waals surface area contributed by atoms with Gasteiger partial charge in [0.05, 0.1) is 10.7 Å². The molecule has 0 N–H and O–H groups in total. The molecule has 3 aromatic rings. The zero-order valence-electron chi connectivity index (χ0n) is 15.3. The molecule has 0 unspecified atom stereocenters. The first-order valence-corrected chi connectivity index (χ1v) is 9.55. The first-order valence-electron chi connectivity index (χ1n) is 8.79. The minimum atomic E-state index is -0.307. The number of hydrogen-bond acceptors (Lipinski definition) is 3. The van der Waals surface area contributed by atoms with Crippen LogP contribution in [0.4, 0.5) is 0 Å². The summed E-state index contributed by atoms with van der Waals surface area (Å²) in [4.78, 5) is 23.4. The van der Waals surface area contributed by atoms with Gasteiger partial charge in [0.2, 0.25) is 0 Å². The molecule has 0 spiro atoms. The highest BCUT2D eigenvalue weighted by atomic mass is 35.5. The second-order valence-electron chi connectivity index (χ2n) is 6.46. The highest BCUT2D eigenvalue weighted by Crippen LogP contribution is 2.21. The minimum Gasteiger partial charge on any atom is -0.487 e. The summed E-state index contributed by atoms with van der Waals surface area (Å²) in [5, 5.41) is 0.453. The van der Waals surface area contributed by atoms with Crippen LogP contribution in [0.25, 0.3) is 0 Å². The van der Waals surface area contributed by atoms with Gasteiger partial charge in [-0.15, -0.1) is 0 Å². The first kappa shape index (κ1) is 20.2. The smallest absolute Gasteiger partial charge is 0.269 e. The van der Waals surface area contributed by atoms with Crippen molar-refractivity contribution in [2.75, 3.05) is 0 Å². The zero-order chi connectivity index (χ0) is 20.1. The molecule has 4 nitrogen and oxygen atoms in total. The van der Waals surface area contributed by atoms with E-state index in [1.165, 1.54) is 6.07 Å². The van der Waals surface area contributed by atoms with E-state index >= 15 is 0 Å². The quantitative estimate of drug-likeness (QED) is 0.504. The van der Waals surface area contributed by atoms with Gasteiger partial charge in [0.15, 0.2) is 0 Å². The molecule has 0 fully saturated rings. The van der Waals surface area contributed by atoms with Crippen molar-refractivity contribution in [3.05, 3.63) is 97.4 Å². The lowest BCUT2D eigenvalue weighted by molar-refractivity contribution is 0.112. The van der Waals surface area contributed by atoms with Gasteiger partial charge in [-0.25, -0.2) is 0 Å². The van der Waals surface area contributed by atoms with Crippen molar-refractivity contribution in [3.63, 3.8) is 0 Å². The van der Waals surface area contributed by atoms with E-state index in [0.717, 1.165) is 17.4 Å². The van der Waals surface area contributed by atoms with Crippen molar-refractivity contribution in [2.24, 2.45) is 0 Å². The summed E-state index contributed by atoms with van der Waals surface area (Å²) in [7, 11) is 0. The Balaban J connectivity index is 1.83. The van der Waals surface area contributed by atoms with E-state index in [9.17, 15) is 9.59 Å². The molecule has 0 amide bonds. The molecule has 2 aromatic carbocycles. The largest absolute Gasteiger partial charge is 0.487 e. The molecule has 28 heavy (non-hydrogen) atoms. The number of aldehydes is 1. The average molecular weight is 416 g/mol. The molecule has 6 heteroatoms. The number of carbonyl (C=O) groups excluding carboxylic acids is 1. The summed E-state index contributed by atoms with van der Waals surface area (Å²) >= 11 is 12.4. The molecule has 0 aliphatic carbocycles. The van der Waals surface area contributed by atoms with E-state index in [-0.39, 0.29) is 17.2 Å². The van der Waals surface area contributed by atoms with Gasteiger partial charge in [-0.3, -0.25) is 9.59 Å². The lowest BCUT2D eigenvalue weighted by atomic mass is 10.1. The summed E-state index contributed by atoms with van der Waals surface area (Å²) in [5.41, 5.74) is 2.95. The van der Waals surface area contributed by atoms with Gasteiger partial charge >= 0.3 is 0 Å². The Hall–Kier alpha value is -2.56. The lowest BCUT2D eigenvalue weighted by Crippen LogP contribution is -2.26. The normalized spacial score (nSPS) is 10.7. The van der Waals surface area contributed by atoms with Crippen LogP contribution in [0, 0.1) is 6.92 Å². The fourth-order valence-corrected chi connectivity index (χ4v) is 3.41. The van der Waals surface area contributed by atoms with Crippen molar-refractivity contribution in [3.8, 4) is 5.75 Å². The molecular weight excluding hydrogens is 397 g/mol. The maximum absolute atomic E-state index is 12.6. The molecule has 144 valence electrons. The Kier molecular flexibility index (Phi) is 6.55. The van der Waals surface area contributed by atoms with Gasteiger partial charge in [0.25, 0.3) is 5.56 Å². The molecule has 3 rings (SSSR count). The van der Waals surface area contributed by atoms with Crippen molar-refractivity contribution < 1.29 is 9.53 Å². The lowest BCUT2D eigenvalue weighted by Gasteiger charge is -2.16. The van der Waals surface area contributed by atoms with Gasteiger partial charge in [-0.05, 0) is 42.7 Å². The third kappa shape index (κ3) is 4.83. The molecule has 0 aliphatic heterocycles. The monoisotopic (exact) mass is 415 g/mol. The molecule has 1 heterocycles. The summed E-state index contributed by atoms with van der Waals surface area (Å²) < 4.78 is 7.40. The fourth-order valence-electron chi connectivity index (χ4n) is 2.88. The van der Waals surface area contributed by atoms with Crippen LogP contribution in [0.2, 0.25) is 10.0 Å². The molecule has 0 saturated carbocycles. The number of nitrogens with zero attached hydrogens (tertiary/aromatic N) is 1. The van der Waals surface area contributed by atoms with Crippen LogP contribution in [0.15, 0.2) is 59.4 Å². The number of pyridine rings is 1. The zero-order valence-corrected chi connectivity index (χ0v) is 16.8. The molecule has 0 bridgehead atoms. The van der Waals surface area contributed by atoms with Crippen molar-refractivity contribution >= 4 is 29.5 Å². The molecule has 0 atom stereocenters. The van der Waals surface area contributed by atoms with E-state index in [2.05, 4.69) is 0 Å². The van der Waals surface area contributed by atoms with Crippen LogP contribution in [-0.2, 0) is 19.6 Å². The minimum absolute atomic E-state index is 0.0700. The van der Waals surface area contributed by atoms with Crippen molar-refractivity contribution in [2.45, 2.75) is 26.5 Å². The van der Waals surface area contributed by atoms with E-state index in [1.54, 1.807) is 16.7 Å². The second kappa shape index (κ2) is 9.09. The fraction of sp³-hybridized carbons (Fsp3) is 0.182. The Morgan fingerprint density at radius 3 is 2.46 bits per heavy atom. The third-order valence-corrected chi connectivity index (χ3v) is 5.01. The number of rotatable bonds is 7. The van der Waals surface area contributed by atoms with E-state index in [0.29, 0.717) is 35.0 Å². The number of ether oxygens (including phenoxy) is 1. The number of benzene rings is 2. The molecule has 1 aromatic heterocycles.